The first-order chi connectivity index (χ1) is 16.8. The summed E-state index contributed by atoms with van der Waals surface area (Å²) in [5, 5.41) is 0. The fraction of sp³-hybridized carbons (Fsp3) is 0.148. The van der Waals surface area contributed by atoms with E-state index >= 15 is 0 Å². The van der Waals surface area contributed by atoms with Crippen molar-refractivity contribution < 1.29 is 18.0 Å². The summed E-state index contributed by atoms with van der Waals surface area (Å²) in [6, 6.07) is 16.4. The van der Waals surface area contributed by atoms with Gasteiger partial charge in [-0.3, -0.25) is 4.79 Å². The van der Waals surface area contributed by atoms with Gasteiger partial charge in [-0.25, -0.2) is 23.1 Å². The van der Waals surface area contributed by atoms with E-state index in [0.29, 0.717) is 22.5 Å². The van der Waals surface area contributed by atoms with E-state index in [0.717, 1.165) is 17.7 Å². The highest BCUT2D eigenvalue weighted by molar-refractivity contribution is 5.98. The summed E-state index contributed by atoms with van der Waals surface area (Å²) < 4.78 is 43.3. The fourth-order valence-corrected chi connectivity index (χ4v) is 4.66. The minimum absolute atomic E-state index is 0.0415. The summed E-state index contributed by atoms with van der Waals surface area (Å²) in [7, 11) is 0. The van der Waals surface area contributed by atoms with Gasteiger partial charge in [-0.05, 0) is 41.8 Å². The predicted octanol–water partition coefficient (Wildman–Crippen LogP) is 5.39. The molecule has 1 aromatic heterocycles. The molecule has 0 bridgehead atoms. The normalized spacial score (nSPS) is 15.3. The SMILES string of the molecule is Cc1nc(N)nc2c1C(=O)N(Cc1ccccc1)[C@@H](c1ccc(F)cc1-c1cccc(F)c1F)C2. The molecular weight excluding hydrogens is 453 g/mol. The minimum atomic E-state index is -1.08. The van der Waals surface area contributed by atoms with Crippen LogP contribution in [0.1, 0.15) is 38.9 Å². The van der Waals surface area contributed by atoms with Gasteiger partial charge in [-0.15, -0.1) is 0 Å². The number of hydrogen-bond acceptors (Lipinski definition) is 4. The summed E-state index contributed by atoms with van der Waals surface area (Å²) in [6.07, 6.45) is 0.247. The molecular formula is C27H21F3N4O. The van der Waals surface area contributed by atoms with Crippen molar-refractivity contribution in [3.8, 4) is 11.1 Å². The van der Waals surface area contributed by atoms with Crippen LogP contribution in [0.2, 0.25) is 0 Å². The van der Waals surface area contributed by atoms with Gasteiger partial charge in [0.15, 0.2) is 11.6 Å². The van der Waals surface area contributed by atoms with E-state index < -0.39 is 23.5 Å². The van der Waals surface area contributed by atoms with Gasteiger partial charge in [0.1, 0.15) is 5.82 Å². The predicted molar refractivity (Wildman–Crippen MR) is 126 cm³/mol. The van der Waals surface area contributed by atoms with Crippen molar-refractivity contribution in [2.75, 3.05) is 5.73 Å². The molecule has 8 heteroatoms. The number of halogens is 3. The van der Waals surface area contributed by atoms with Crippen LogP contribution in [0.15, 0.2) is 66.7 Å². The fourth-order valence-electron chi connectivity index (χ4n) is 4.66. The van der Waals surface area contributed by atoms with E-state index in [4.69, 9.17) is 5.73 Å². The van der Waals surface area contributed by atoms with Crippen molar-refractivity contribution in [1.29, 1.82) is 0 Å². The Kier molecular flexibility index (Phi) is 5.72. The molecule has 1 aliphatic rings. The molecule has 3 aromatic carbocycles. The van der Waals surface area contributed by atoms with Crippen molar-refractivity contribution in [3.05, 3.63) is 112 Å². The largest absolute Gasteiger partial charge is 0.368 e. The molecule has 35 heavy (non-hydrogen) atoms. The molecule has 0 unspecified atom stereocenters. The molecule has 1 atom stereocenters. The molecule has 0 aliphatic carbocycles. The van der Waals surface area contributed by atoms with Crippen molar-refractivity contribution in [2.24, 2.45) is 0 Å². The topological polar surface area (TPSA) is 72.1 Å². The van der Waals surface area contributed by atoms with Crippen LogP contribution in [0.25, 0.3) is 11.1 Å². The number of aromatic nitrogens is 2. The van der Waals surface area contributed by atoms with E-state index in [1.165, 1.54) is 24.3 Å². The van der Waals surface area contributed by atoms with E-state index in [-0.39, 0.29) is 35.9 Å². The summed E-state index contributed by atoms with van der Waals surface area (Å²) in [5.41, 5.74) is 8.58. The Morgan fingerprint density at radius 1 is 0.971 bits per heavy atom. The van der Waals surface area contributed by atoms with Crippen LogP contribution in [0.3, 0.4) is 0 Å². The number of benzene rings is 3. The van der Waals surface area contributed by atoms with Crippen molar-refractivity contribution in [1.82, 2.24) is 14.9 Å². The van der Waals surface area contributed by atoms with E-state index in [2.05, 4.69) is 9.97 Å². The maximum Gasteiger partial charge on any atom is 0.258 e. The summed E-state index contributed by atoms with van der Waals surface area (Å²) in [6.45, 7) is 1.94. The third kappa shape index (κ3) is 4.12. The Bertz CT molecular complexity index is 1440. The maximum atomic E-state index is 14.8. The number of nitrogens with zero attached hydrogens (tertiary/aromatic N) is 3. The zero-order chi connectivity index (χ0) is 24.7. The first-order valence-corrected chi connectivity index (χ1v) is 11.0. The first-order valence-electron chi connectivity index (χ1n) is 11.0. The summed E-state index contributed by atoms with van der Waals surface area (Å²) in [4.78, 5) is 23.9. The maximum absolute atomic E-state index is 14.8. The number of nitrogen functional groups attached to an aromatic ring is 1. The van der Waals surface area contributed by atoms with Crippen LogP contribution < -0.4 is 5.73 Å². The summed E-state index contributed by atoms with van der Waals surface area (Å²) >= 11 is 0. The Morgan fingerprint density at radius 3 is 2.51 bits per heavy atom. The van der Waals surface area contributed by atoms with Gasteiger partial charge < -0.3 is 10.6 Å². The molecule has 5 rings (SSSR count). The lowest BCUT2D eigenvalue weighted by Crippen LogP contribution is -2.41. The molecule has 176 valence electrons. The standard InChI is InChI=1S/C27H21F3N4O/c1-15-24-22(33-27(31)32-15)13-23(34(26(24)35)14-16-6-3-2-4-7-16)18-11-10-17(28)12-20(18)19-8-5-9-21(29)25(19)30/h2-12,23H,13-14H2,1H3,(H2,31,32,33)/t23-/m1/s1. The Hall–Kier alpha value is -4.20. The number of carbonyl (C=O) groups is 1. The number of rotatable bonds is 4. The van der Waals surface area contributed by atoms with Gasteiger partial charge in [0.25, 0.3) is 5.91 Å². The number of anilines is 1. The van der Waals surface area contributed by atoms with Gasteiger partial charge in [0.2, 0.25) is 5.95 Å². The average Bonchev–Trinajstić information content (AvgIpc) is 2.83. The van der Waals surface area contributed by atoms with Crippen LogP contribution in [-0.4, -0.2) is 20.8 Å². The molecule has 0 fully saturated rings. The first kappa shape index (κ1) is 22.6. The van der Waals surface area contributed by atoms with Gasteiger partial charge in [0.05, 0.1) is 23.0 Å². The third-order valence-electron chi connectivity index (χ3n) is 6.23. The molecule has 2 heterocycles. The molecule has 0 saturated carbocycles. The van der Waals surface area contributed by atoms with Gasteiger partial charge >= 0.3 is 0 Å². The molecule has 0 spiro atoms. The van der Waals surface area contributed by atoms with E-state index in [1.54, 1.807) is 11.8 Å². The van der Waals surface area contributed by atoms with Crippen molar-refractivity contribution in [2.45, 2.75) is 25.9 Å². The highest BCUT2D eigenvalue weighted by Crippen LogP contribution is 2.40. The molecule has 1 amide bonds. The zero-order valence-corrected chi connectivity index (χ0v) is 18.8. The zero-order valence-electron chi connectivity index (χ0n) is 18.8. The highest BCUT2D eigenvalue weighted by Gasteiger charge is 2.37. The van der Waals surface area contributed by atoms with Crippen LogP contribution in [0, 0.1) is 24.4 Å². The molecule has 5 nitrogen and oxygen atoms in total. The van der Waals surface area contributed by atoms with Crippen molar-refractivity contribution >= 4 is 11.9 Å². The average molecular weight is 474 g/mol. The molecule has 0 saturated heterocycles. The van der Waals surface area contributed by atoms with Gasteiger partial charge in [-0.2, -0.15) is 0 Å². The van der Waals surface area contributed by atoms with Crippen LogP contribution in [0.4, 0.5) is 19.1 Å². The van der Waals surface area contributed by atoms with Gasteiger partial charge in [0, 0.05) is 18.5 Å². The second-order valence-corrected chi connectivity index (χ2v) is 8.46. The molecule has 0 radical (unpaired) electrons. The van der Waals surface area contributed by atoms with Crippen LogP contribution >= 0.6 is 0 Å². The number of carbonyl (C=O) groups excluding carboxylic acids is 1. The molecule has 2 N–H and O–H groups in total. The van der Waals surface area contributed by atoms with Crippen molar-refractivity contribution in [3.63, 3.8) is 0 Å². The van der Waals surface area contributed by atoms with E-state index in [9.17, 15) is 18.0 Å². The second-order valence-electron chi connectivity index (χ2n) is 8.46. The number of nitrogens with two attached hydrogens (primary N) is 1. The Labute approximate surface area is 200 Å². The van der Waals surface area contributed by atoms with Crippen LogP contribution in [-0.2, 0) is 13.0 Å². The lowest BCUT2D eigenvalue weighted by molar-refractivity contribution is 0.0625. The smallest absolute Gasteiger partial charge is 0.258 e. The van der Waals surface area contributed by atoms with Crippen LogP contribution in [0.5, 0.6) is 0 Å². The molecule has 4 aromatic rings. The third-order valence-corrected chi connectivity index (χ3v) is 6.23. The minimum Gasteiger partial charge on any atom is -0.368 e. The molecule has 1 aliphatic heterocycles. The number of aryl methyl sites for hydroxylation is 1. The second kappa shape index (κ2) is 8.87. The lowest BCUT2D eigenvalue weighted by Gasteiger charge is -2.38. The Balaban J connectivity index is 1.71. The van der Waals surface area contributed by atoms with Gasteiger partial charge in [-0.1, -0.05) is 48.5 Å². The Morgan fingerprint density at radius 2 is 1.74 bits per heavy atom. The highest BCUT2D eigenvalue weighted by atomic mass is 19.2. The summed E-state index contributed by atoms with van der Waals surface area (Å²) in [5.74, 6) is -3.00. The van der Waals surface area contributed by atoms with E-state index in [1.807, 2.05) is 30.3 Å². The lowest BCUT2D eigenvalue weighted by atomic mass is 9.87. The number of fused-ring (bicyclic) bond motifs is 1. The monoisotopic (exact) mass is 474 g/mol. The quantitative estimate of drug-likeness (QED) is 0.430. The number of hydrogen-bond donors (Lipinski definition) is 1. The number of amides is 1.